The third kappa shape index (κ3) is 3.34. The average Bonchev–Trinajstić information content (AvgIpc) is 3.12. The van der Waals surface area contributed by atoms with Crippen molar-refractivity contribution < 1.29 is 0 Å². The Bertz CT molecular complexity index is 964. The van der Waals surface area contributed by atoms with E-state index in [-0.39, 0.29) is 6.04 Å². The first-order chi connectivity index (χ1) is 12.9. The SMILES string of the molecule is CCCCCCC(c1cccc2ccccc12)n1nc2ccccc2n1. The van der Waals surface area contributed by atoms with Gasteiger partial charge < -0.3 is 0 Å². The standard InChI is InChI=1S/C23H25N3/c1-2-3-4-5-17-23(26-24-21-15-8-9-16-22(21)25-26)20-14-10-12-18-11-6-7-13-19(18)20/h6-16,23H,2-5,17H2,1H3. The maximum atomic E-state index is 4.80. The zero-order valence-corrected chi connectivity index (χ0v) is 15.3. The minimum absolute atomic E-state index is 0.172. The van der Waals surface area contributed by atoms with Gasteiger partial charge in [0.2, 0.25) is 0 Å². The van der Waals surface area contributed by atoms with E-state index < -0.39 is 0 Å². The molecular formula is C23H25N3. The highest BCUT2D eigenvalue weighted by atomic mass is 15.5. The van der Waals surface area contributed by atoms with Crippen molar-refractivity contribution in [2.75, 3.05) is 0 Å². The summed E-state index contributed by atoms with van der Waals surface area (Å²) in [5.41, 5.74) is 3.25. The quantitative estimate of drug-likeness (QED) is 0.377. The van der Waals surface area contributed by atoms with Crippen molar-refractivity contribution in [3.63, 3.8) is 0 Å². The smallest absolute Gasteiger partial charge is 0.113 e. The minimum Gasteiger partial charge on any atom is -0.176 e. The maximum absolute atomic E-state index is 4.80. The van der Waals surface area contributed by atoms with E-state index in [0.29, 0.717) is 0 Å². The minimum atomic E-state index is 0.172. The Morgan fingerprint density at radius 2 is 1.46 bits per heavy atom. The Morgan fingerprint density at radius 1 is 0.769 bits per heavy atom. The van der Waals surface area contributed by atoms with E-state index in [0.717, 1.165) is 17.5 Å². The Balaban J connectivity index is 1.76. The molecular weight excluding hydrogens is 318 g/mol. The molecule has 1 unspecified atom stereocenters. The van der Waals surface area contributed by atoms with E-state index in [4.69, 9.17) is 10.2 Å². The zero-order chi connectivity index (χ0) is 17.8. The van der Waals surface area contributed by atoms with Gasteiger partial charge in [0, 0.05) is 0 Å². The molecule has 0 spiro atoms. The summed E-state index contributed by atoms with van der Waals surface area (Å²) in [6.45, 7) is 2.25. The monoisotopic (exact) mass is 343 g/mol. The zero-order valence-electron chi connectivity index (χ0n) is 15.3. The molecule has 0 radical (unpaired) electrons. The molecule has 0 aliphatic rings. The first-order valence-corrected chi connectivity index (χ1v) is 9.66. The summed E-state index contributed by atoms with van der Waals surface area (Å²) in [6.07, 6.45) is 6.06. The number of hydrogen-bond acceptors (Lipinski definition) is 2. The van der Waals surface area contributed by atoms with Crippen LogP contribution in [0.25, 0.3) is 21.8 Å². The van der Waals surface area contributed by atoms with Crippen molar-refractivity contribution in [3.05, 3.63) is 72.3 Å². The van der Waals surface area contributed by atoms with Crippen LogP contribution in [0.2, 0.25) is 0 Å². The third-order valence-corrected chi connectivity index (χ3v) is 5.09. The van der Waals surface area contributed by atoms with Crippen LogP contribution >= 0.6 is 0 Å². The molecule has 26 heavy (non-hydrogen) atoms. The number of aromatic nitrogens is 3. The Hall–Kier alpha value is -2.68. The molecule has 132 valence electrons. The number of rotatable bonds is 7. The van der Waals surface area contributed by atoms with Crippen molar-refractivity contribution in [2.45, 2.75) is 45.1 Å². The van der Waals surface area contributed by atoms with E-state index >= 15 is 0 Å². The van der Waals surface area contributed by atoms with Gasteiger partial charge in [-0.05, 0) is 34.9 Å². The van der Waals surface area contributed by atoms with Crippen LogP contribution in [0.3, 0.4) is 0 Å². The molecule has 4 aromatic rings. The van der Waals surface area contributed by atoms with Gasteiger partial charge in [-0.1, -0.05) is 87.2 Å². The largest absolute Gasteiger partial charge is 0.176 e. The number of unbranched alkanes of at least 4 members (excludes halogenated alkanes) is 3. The fourth-order valence-corrected chi connectivity index (χ4v) is 3.72. The van der Waals surface area contributed by atoms with E-state index in [9.17, 15) is 0 Å². The van der Waals surface area contributed by atoms with Crippen molar-refractivity contribution in [3.8, 4) is 0 Å². The predicted molar refractivity (Wildman–Crippen MR) is 108 cm³/mol. The highest BCUT2D eigenvalue weighted by molar-refractivity contribution is 5.86. The van der Waals surface area contributed by atoms with Crippen LogP contribution in [0.5, 0.6) is 0 Å². The molecule has 1 atom stereocenters. The summed E-state index contributed by atoms with van der Waals surface area (Å²) < 4.78 is 0. The van der Waals surface area contributed by atoms with Gasteiger partial charge in [0.05, 0.1) is 6.04 Å². The second-order valence-corrected chi connectivity index (χ2v) is 6.94. The van der Waals surface area contributed by atoms with Crippen molar-refractivity contribution in [1.29, 1.82) is 0 Å². The van der Waals surface area contributed by atoms with E-state index in [1.165, 1.54) is 42.0 Å². The van der Waals surface area contributed by atoms with Gasteiger partial charge >= 0.3 is 0 Å². The van der Waals surface area contributed by atoms with Crippen LogP contribution in [0.15, 0.2) is 66.7 Å². The van der Waals surface area contributed by atoms with Crippen LogP contribution in [0.4, 0.5) is 0 Å². The lowest BCUT2D eigenvalue weighted by molar-refractivity contribution is 0.423. The summed E-state index contributed by atoms with van der Waals surface area (Å²) in [7, 11) is 0. The van der Waals surface area contributed by atoms with Gasteiger partial charge in [0.25, 0.3) is 0 Å². The highest BCUT2D eigenvalue weighted by Crippen LogP contribution is 2.30. The summed E-state index contributed by atoms with van der Waals surface area (Å²) in [4.78, 5) is 1.94. The van der Waals surface area contributed by atoms with Crippen molar-refractivity contribution >= 4 is 21.8 Å². The molecule has 0 bridgehead atoms. The average molecular weight is 343 g/mol. The first kappa shape index (κ1) is 16.8. The normalized spacial score (nSPS) is 12.7. The Morgan fingerprint density at radius 3 is 2.23 bits per heavy atom. The topological polar surface area (TPSA) is 30.7 Å². The van der Waals surface area contributed by atoms with E-state index in [1.54, 1.807) is 0 Å². The summed E-state index contributed by atoms with van der Waals surface area (Å²) in [6, 6.07) is 23.5. The second kappa shape index (κ2) is 7.69. The molecule has 0 aliphatic carbocycles. The summed E-state index contributed by atoms with van der Waals surface area (Å²) in [5, 5.41) is 12.2. The number of nitrogens with zero attached hydrogens (tertiary/aromatic N) is 3. The highest BCUT2D eigenvalue weighted by Gasteiger charge is 2.19. The van der Waals surface area contributed by atoms with E-state index in [1.807, 2.05) is 29.1 Å². The molecule has 0 amide bonds. The van der Waals surface area contributed by atoms with Crippen LogP contribution in [0, 0.1) is 0 Å². The molecule has 0 fully saturated rings. The lowest BCUT2D eigenvalue weighted by Crippen LogP contribution is -2.14. The lowest BCUT2D eigenvalue weighted by atomic mass is 9.95. The van der Waals surface area contributed by atoms with Crippen molar-refractivity contribution in [1.82, 2.24) is 15.0 Å². The van der Waals surface area contributed by atoms with Gasteiger partial charge in [-0.15, -0.1) is 0 Å². The van der Waals surface area contributed by atoms with Crippen LogP contribution < -0.4 is 0 Å². The summed E-state index contributed by atoms with van der Waals surface area (Å²) in [5.74, 6) is 0. The Labute approximate surface area is 154 Å². The van der Waals surface area contributed by atoms with Crippen molar-refractivity contribution in [2.24, 2.45) is 0 Å². The van der Waals surface area contributed by atoms with Gasteiger partial charge in [0.15, 0.2) is 0 Å². The molecule has 3 aromatic carbocycles. The van der Waals surface area contributed by atoms with Crippen LogP contribution in [0.1, 0.15) is 50.6 Å². The predicted octanol–water partition coefficient (Wildman–Crippen LogP) is 6.14. The molecule has 0 aliphatic heterocycles. The Kier molecular flexibility index (Phi) is 4.96. The second-order valence-electron chi connectivity index (χ2n) is 6.94. The molecule has 3 heteroatoms. The molecule has 3 nitrogen and oxygen atoms in total. The van der Waals surface area contributed by atoms with Gasteiger partial charge in [0.1, 0.15) is 11.0 Å². The first-order valence-electron chi connectivity index (χ1n) is 9.66. The number of hydrogen-bond donors (Lipinski definition) is 0. The van der Waals surface area contributed by atoms with Crippen LogP contribution in [-0.2, 0) is 0 Å². The summed E-state index contributed by atoms with van der Waals surface area (Å²) >= 11 is 0. The number of benzene rings is 3. The van der Waals surface area contributed by atoms with Gasteiger partial charge in [-0.3, -0.25) is 0 Å². The molecule has 1 heterocycles. The van der Waals surface area contributed by atoms with E-state index in [2.05, 4.69) is 49.4 Å². The molecule has 0 saturated carbocycles. The molecule has 4 rings (SSSR count). The number of fused-ring (bicyclic) bond motifs is 2. The van der Waals surface area contributed by atoms with Gasteiger partial charge in [-0.2, -0.15) is 15.0 Å². The molecule has 0 saturated heterocycles. The molecule has 0 N–H and O–H groups in total. The fourth-order valence-electron chi connectivity index (χ4n) is 3.72. The van der Waals surface area contributed by atoms with Gasteiger partial charge in [-0.25, -0.2) is 0 Å². The maximum Gasteiger partial charge on any atom is 0.113 e. The fraction of sp³-hybridized carbons (Fsp3) is 0.304. The van der Waals surface area contributed by atoms with Crippen LogP contribution in [-0.4, -0.2) is 15.0 Å². The molecule has 1 aromatic heterocycles. The third-order valence-electron chi connectivity index (χ3n) is 5.09. The lowest BCUT2D eigenvalue weighted by Gasteiger charge is -2.19.